The molecule has 3 rings (SSSR count). The summed E-state index contributed by atoms with van der Waals surface area (Å²) in [6.45, 7) is 1.97. The van der Waals surface area contributed by atoms with Gasteiger partial charge >= 0.3 is 0 Å². The highest BCUT2D eigenvalue weighted by atomic mass is 16.5. The summed E-state index contributed by atoms with van der Waals surface area (Å²) in [7, 11) is 1.49. The molecule has 1 aliphatic carbocycles. The van der Waals surface area contributed by atoms with Crippen LogP contribution in [0.4, 0.5) is 0 Å². The van der Waals surface area contributed by atoms with Crippen LogP contribution in [0.15, 0.2) is 18.2 Å². The quantitative estimate of drug-likeness (QED) is 0.783. The number of fused-ring (bicyclic) bond motifs is 2. The highest BCUT2D eigenvalue weighted by Crippen LogP contribution is 2.46. The summed E-state index contributed by atoms with van der Waals surface area (Å²) >= 11 is 0. The van der Waals surface area contributed by atoms with Crippen LogP contribution >= 0.6 is 0 Å². The Morgan fingerprint density at radius 3 is 2.65 bits per heavy atom. The van der Waals surface area contributed by atoms with E-state index in [1.165, 1.54) is 7.11 Å². The lowest BCUT2D eigenvalue weighted by Gasteiger charge is -2.24. The molecule has 2 aromatic carbocycles. The molecule has 0 saturated carbocycles. The molecule has 2 N–H and O–H groups in total. The minimum atomic E-state index is -0.126. The molecule has 0 spiro atoms. The van der Waals surface area contributed by atoms with Crippen LogP contribution in [0.5, 0.6) is 17.2 Å². The van der Waals surface area contributed by atoms with Gasteiger partial charge in [0.25, 0.3) is 0 Å². The van der Waals surface area contributed by atoms with Crippen molar-refractivity contribution in [1.29, 1.82) is 0 Å². The number of methoxy groups -OCH3 is 1. The zero-order chi connectivity index (χ0) is 14.4. The standard InChI is InChI=1S/C16H16O4/c1-8-6-10-13(11(17)7-8)16(19)14-9(15(10)18)4-3-5-12(14)20-2/h3-5,8,18-19H,6-7H2,1-2H3. The van der Waals surface area contributed by atoms with Crippen LogP contribution < -0.4 is 4.74 Å². The van der Waals surface area contributed by atoms with Crippen molar-refractivity contribution in [3.63, 3.8) is 0 Å². The normalized spacial score (nSPS) is 18.1. The van der Waals surface area contributed by atoms with Crippen LogP contribution in [0, 0.1) is 5.92 Å². The van der Waals surface area contributed by atoms with Gasteiger partial charge in [0, 0.05) is 17.4 Å². The van der Waals surface area contributed by atoms with E-state index in [4.69, 9.17) is 4.74 Å². The van der Waals surface area contributed by atoms with E-state index in [-0.39, 0.29) is 28.8 Å². The van der Waals surface area contributed by atoms with Gasteiger partial charge in [-0.25, -0.2) is 0 Å². The third-order valence-electron chi connectivity index (χ3n) is 3.93. The van der Waals surface area contributed by atoms with Gasteiger partial charge in [0.2, 0.25) is 0 Å². The number of hydrogen-bond donors (Lipinski definition) is 2. The maximum Gasteiger partial charge on any atom is 0.167 e. The van der Waals surface area contributed by atoms with Crippen molar-refractivity contribution in [2.45, 2.75) is 19.8 Å². The predicted octanol–water partition coefficient (Wildman–Crippen LogP) is 3.02. The van der Waals surface area contributed by atoms with E-state index in [2.05, 4.69) is 0 Å². The number of carbonyl (C=O) groups is 1. The summed E-state index contributed by atoms with van der Waals surface area (Å²) in [6, 6.07) is 5.17. The third-order valence-corrected chi connectivity index (χ3v) is 3.93. The number of rotatable bonds is 1. The van der Waals surface area contributed by atoms with Crippen molar-refractivity contribution >= 4 is 16.6 Å². The second-order valence-corrected chi connectivity index (χ2v) is 5.37. The van der Waals surface area contributed by atoms with Crippen LogP contribution in [0.2, 0.25) is 0 Å². The zero-order valence-electron chi connectivity index (χ0n) is 11.4. The fourth-order valence-corrected chi connectivity index (χ4v) is 3.03. The maximum absolute atomic E-state index is 12.2. The molecule has 0 aromatic heterocycles. The molecule has 1 aliphatic rings. The van der Waals surface area contributed by atoms with Crippen molar-refractivity contribution in [3.8, 4) is 17.2 Å². The predicted molar refractivity (Wildman–Crippen MR) is 75.6 cm³/mol. The number of aromatic hydroxyl groups is 2. The van der Waals surface area contributed by atoms with E-state index in [0.717, 1.165) is 0 Å². The van der Waals surface area contributed by atoms with Crippen LogP contribution in [0.3, 0.4) is 0 Å². The Kier molecular flexibility index (Phi) is 2.82. The second kappa shape index (κ2) is 4.40. The van der Waals surface area contributed by atoms with E-state index >= 15 is 0 Å². The molecule has 4 heteroatoms. The molecule has 0 fully saturated rings. The van der Waals surface area contributed by atoms with E-state index in [1.54, 1.807) is 18.2 Å². The first-order valence-corrected chi connectivity index (χ1v) is 6.61. The minimum Gasteiger partial charge on any atom is -0.507 e. The van der Waals surface area contributed by atoms with Crippen LogP contribution in [-0.4, -0.2) is 23.1 Å². The highest BCUT2D eigenvalue weighted by molar-refractivity contribution is 6.10. The minimum absolute atomic E-state index is 0.0756. The molecule has 20 heavy (non-hydrogen) atoms. The van der Waals surface area contributed by atoms with Crippen molar-refractivity contribution in [1.82, 2.24) is 0 Å². The molecule has 1 unspecified atom stereocenters. The van der Waals surface area contributed by atoms with Gasteiger partial charge in [0.05, 0.1) is 18.1 Å². The van der Waals surface area contributed by atoms with Gasteiger partial charge < -0.3 is 14.9 Å². The monoisotopic (exact) mass is 272 g/mol. The van der Waals surface area contributed by atoms with Gasteiger partial charge in [0.15, 0.2) is 5.78 Å². The van der Waals surface area contributed by atoms with Gasteiger partial charge in [-0.05, 0) is 18.4 Å². The fourth-order valence-electron chi connectivity index (χ4n) is 3.03. The molecule has 2 aromatic rings. The number of carbonyl (C=O) groups excluding carboxylic acids is 1. The largest absolute Gasteiger partial charge is 0.507 e. The number of ketones is 1. The Balaban J connectivity index is 2.45. The van der Waals surface area contributed by atoms with Gasteiger partial charge in [-0.1, -0.05) is 19.1 Å². The Morgan fingerprint density at radius 1 is 1.20 bits per heavy atom. The summed E-state index contributed by atoms with van der Waals surface area (Å²) in [5.41, 5.74) is 0.796. The molecular weight excluding hydrogens is 256 g/mol. The van der Waals surface area contributed by atoms with E-state index < -0.39 is 0 Å². The van der Waals surface area contributed by atoms with Crippen LogP contribution in [0.25, 0.3) is 10.8 Å². The number of phenols is 2. The van der Waals surface area contributed by atoms with Gasteiger partial charge in [-0.15, -0.1) is 0 Å². The lowest BCUT2D eigenvalue weighted by atomic mass is 9.81. The fraction of sp³-hybridized carbons (Fsp3) is 0.312. The van der Waals surface area contributed by atoms with E-state index in [9.17, 15) is 15.0 Å². The Morgan fingerprint density at radius 2 is 1.95 bits per heavy atom. The molecule has 0 aliphatic heterocycles. The molecule has 4 nitrogen and oxygen atoms in total. The van der Waals surface area contributed by atoms with E-state index in [0.29, 0.717) is 34.9 Å². The summed E-state index contributed by atoms with van der Waals surface area (Å²) in [5.74, 6) is 0.487. The Labute approximate surface area is 116 Å². The summed E-state index contributed by atoms with van der Waals surface area (Å²) in [5, 5.41) is 21.8. The average Bonchev–Trinajstić information content (AvgIpc) is 2.43. The maximum atomic E-state index is 12.2. The van der Waals surface area contributed by atoms with Gasteiger partial charge in [-0.3, -0.25) is 4.79 Å². The summed E-state index contributed by atoms with van der Waals surface area (Å²) in [4.78, 5) is 12.2. The number of Topliss-reactive ketones (excluding diaryl/α,β-unsaturated/α-hetero) is 1. The van der Waals surface area contributed by atoms with Crippen molar-refractivity contribution in [3.05, 3.63) is 29.3 Å². The van der Waals surface area contributed by atoms with Crippen LogP contribution in [-0.2, 0) is 6.42 Å². The first-order valence-electron chi connectivity index (χ1n) is 6.61. The van der Waals surface area contributed by atoms with Crippen molar-refractivity contribution in [2.24, 2.45) is 5.92 Å². The number of hydrogen-bond acceptors (Lipinski definition) is 4. The summed E-state index contributed by atoms with van der Waals surface area (Å²) < 4.78 is 5.23. The first-order chi connectivity index (χ1) is 9.54. The smallest absolute Gasteiger partial charge is 0.167 e. The molecule has 104 valence electrons. The average molecular weight is 272 g/mol. The molecule has 0 radical (unpaired) electrons. The lowest BCUT2D eigenvalue weighted by Crippen LogP contribution is -2.18. The number of benzene rings is 2. The van der Waals surface area contributed by atoms with Crippen LogP contribution in [0.1, 0.15) is 29.3 Å². The van der Waals surface area contributed by atoms with Gasteiger partial charge in [0.1, 0.15) is 17.2 Å². The zero-order valence-corrected chi connectivity index (χ0v) is 11.4. The topological polar surface area (TPSA) is 66.8 Å². The second-order valence-electron chi connectivity index (χ2n) is 5.37. The Bertz CT molecular complexity index is 718. The Hall–Kier alpha value is -2.23. The number of phenolic OH excluding ortho intramolecular Hbond substituents is 2. The SMILES string of the molecule is COc1cccc2c(O)c3c(c(O)c12)C(=O)CC(C)C3. The molecule has 1 atom stereocenters. The molecule has 0 saturated heterocycles. The molecule has 0 heterocycles. The molecular formula is C16H16O4. The van der Waals surface area contributed by atoms with Gasteiger partial charge in [-0.2, -0.15) is 0 Å². The lowest BCUT2D eigenvalue weighted by molar-refractivity contribution is 0.0949. The third kappa shape index (κ3) is 1.64. The first kappa shape index (κ1) is 12.8. The van der Waals surface area contributed by atoms with Crippen molar-refractivity contribution < 1.29 is 19.7 Å². The molecule has 0 bridgehead atoms. The molecule has 0 amide bonds. The van der Waals surface area contributed by atoms with Crippen molar-refractivity contribution in [2.75, 3.05) is 7.11 Å². The summed E-state index contributed by atoms with van der Waals surface area (Å²) in [6.07, 6.45) is 0.980. The van der Waals surface area contributed by atoms with E-state index in [1.807, 2.05) is 6.92 Å². The highest BCUT2D eigenvalue weighted by Gasteiger charge is 2.30. The number of ether oxygens (including phenoxy) is 1.